The molecule has 138 valence electrons. The fourth-order valence-corrected chi connectivity index (χ4v) is 2.92. The van der Waals surface area contributed by atoms with E-state index in [1.54, 1.807) is 36.4 Å². The van der Waals surface area contributed by atoms with E-state index in [9.17, 15) is 9.18 Å². The minimum absolute atomic E-state index is 0.131. The van der Waals surface area contributed by atoms with E-state index in [0.29, 0.717) is 23.0 Å². The molecule has 0 aliphatic heterocycles. The highest BCUT2D eigenvalue weighted by Crippen LogP contribution is 2.21. The Kier molecular flexibility index (Phi) is 6.38. The van der Waals surface area contributed by atoms with Crippen LogP contribution in [-0.2, 0) is 4.79 Å². The number of thioether (sulfide) groups is 1. The molecule has 0 bridgehead atoms. The molecule has 2 aromatic carbocycles. The molecule has 0 spiro atoms. The molecule has 0 fully saturated rings. The van der Waals surface area contributed by atoms with Crippen molar-refractivity contribution in [2.75, 3.05) is 17.7 Å². The zero-order chi connectivity index (χ0) is 19.1. The fourth-order valence-electron chi connectivity index (χ4n) is 2.31. The minimum Gasteiger partial charge on any atom is -0.494 e. The Labute approximate surface area is 161 Å². The van der Waals surface area contributed by atoms with Gasteiger partial charge >= 0.3 is 0 Å². The number of hydrogen-bond donors (Lipinski definition) is 1. The molecular formula is C20H18FN3O2S. The molecule has 1 N–H and O–H groups in total. The number of carbonyl (C=O) groups is 1. The highest BCUT2D eigenvalue weighted by molar-refractivity contribution is 7.99. The van der Waals surface area contributed by atoms with Crippen molar-refractivity contribution >= 4 is 23.4 Å². The number of anilines is 1. The number of nitrogens with one attached hydrogen (secondary N) is 1. The summed E-state index contributed by atoms with van der Waals surface area (Å²) in [5.41, 5.74) is 2.15. The van der Waals surface area contributed by atoms with Crippen molar-refractivity contribution in [1.29, 1.82) is 0 Å². The van der Waals surface area contributed by atoms with Crippen LogP contribution in [0.1, 0.15) is 6.92 Å². The van der Waals surface area contributed by atoms with Gasteiger partial charge in [0.05, 0.1) is 18.1 Å². The Hall–Kier alpha value is -2.93. The van der Waals surface area contributed by atoms with Crippen molar-refractivity contribution in [3.05, 3.63) is 66.5 Å². The first-order valence-electron chi connectivity index (χ1n) is 8.39. The Morgan fingerprint density at radius 1 is 1.04 bits per heavy atom. The van der Waals surface area contributed by atoms with Gasteiger partial charge in [0.1, 0.15) is 16.6 Å². The topological polar surface area (TPSA) is 64.1 Å². The first-order chi connectivity index (χ1) is 13.1. The number of ether oxygens (including phenoxy) is 1. The summed E-state index contributed by atoms with van der Waals surface area (Å²) in [6.07, 6.45) is 0. The van der Waals surface area contributed by atoms with Crippen molar-refractivity contribution in [3.8, 4) is 17.0 Å². The lowest BCUT2D eigenvalue weighted by Gasteiger charge is -2.07. The number of nitrogens with zero attached hydrogens (tertiary/aromatic N) is 2. The van der Waals surface area contributed by atoms with Crippen LogP contribution in [0.2, 0.25) is 0 Å². The van der Waals surface area contributed by atoms with E-state index in [1.807, 2.05) is 19.1 Å². The highest BCUT2D eigenvalue weighted by atomic mass is 32.2. The van der Waals surface area contributed by atoms with Crippen molar-refractivity contribution in [2.45, 2.75) is 11.9 Å². The van der Waals surface area contributed by atoms with E-state index in [-0.39, 0.29) is 17.5 Å². The third-order valence-corrected chi connectivity index (χ3v) is 4.50. The van der Waals surface area contributed by atoms with Crippen LogP contribution in [0.5, 0.6) is 5.75 Å². The smallest absolute Gasteiger partial charge is 0.234 e. The molecule has 0 saturated carbocycles. The average Bonchev–Trinajstić information content (AvgIpc) is 2.69. The molecule has 0 unspecified atom stereocenters. The van der Waals surface area contributed by atoms with E-state index in [2.05, 4.69) is 15.5 Å². The molecule has 1 amide bonds. The van der Waals surface area contributed by atoms with Crippen molar-refractivity contribution in [3.63, 3.8) is 0 Å². The monoisotopic (exact) mass is 383 g/mol. The van der Waals surface area contributed by atoms with Crippen molar-refractivity contribution in [2.24, 2.45) is 0 Å². The summed E-state index contributed by atoms with van der Waals surface area (Å²) in [4.78, 5) is 12.1. The molecule has 0 saturated heterocycles. The van der Waals surface area contributed by atoms with E-state index in [1.165, 1.54) is 23.9 Å². The molecule has 3 aromatic rings. The largest absolute Gasteiger partial charge is 0.494 e. The molecule has 0 aliphatic carbocycles. The summed E-state index contributed by atoms with van der Waals surface area (Å²) in [6.45, 7) is 2.52. The standard InChI is InChI=1S/C20H18FN3O2S/c1-2-26-17-9-7-16(8-10-17)22-19(25)13-27-20-12-11-18(23-24-20)14-3-5-15(21)6-4-14/h3-12H,2,13H2,1H3,(H,22,25). The maximum absolute atomic E-state index is 13.0. The van der Waals surface area contributed by atoms with Gasteiger partial charge in [-0.15, -0.1) is 10.2 Å². The SMILES string of the molecule is CCOc1ccc(NC(=O)CSc2ccc(-c3ccc(F)cc3)nn2)cc1. The van der Waals surface area contributed by atoms with E-state index in [0.717, 1.165) is 11.3 Å². The molecule has 5 nitrogen and oxygen atoms in total. The number of rotatable bonds is 7. The molecular weight excluding hydrogens is 365 g/mol. The van der Waals surface area contributed by atoms with Gasteiger partial charge in [0, 0.05) is 11.3 Å². The predicted molar refractivity (Wildman–Crippen MR) is 104 cm³/mol. The molecule has 0 atom stereocenters. The van der Waals surface area contributed by atoms with Crippen LogP contribution >= 0.6 is 11.8 Å². The van der Waals surface area contributed by atoms with E-state index >= 15 is 0 Å². The molecule has 3 rings (SSSR count). The number of aromatic nitrogens is 2. The van der Waals surface area contributed by atoms with Gasteiger partial charge in [0.15, 0.2) is 0 Å². The second-order valence-electron chi connectivity index (χ2n) is 5.56. The fraction of sp³-hybridized carbons (Fsp3) is 0.150. The average molecular weight is 383 g/mol. The van der Waals surface area contributed by atoms with Crippen LogP contribution in [-0.4, -0.2) is 28.5 Å². The third-order valence-electron chi connectivity index (χ3n) is 3.58. The number of halogens is 1. The maximum atomic E-state index is 13.0. The zero-order valence-electron chi connectivity index (χ0n) is 14.7. The van der Waals surface area contributed by atoms with Gasteiger partial charge in [-0.25, -0.2) is 4.39 Å². The Bertz CT molecular complexity index is 885. The molecule has 0 radical (unpaired) electrons. The zero-order valence-corrected chi connectivity index (χ0v) is 15.5. The number of amides is 1. The van der Waals surface area contributed by atoms with Gasteiger partial charge in [0.2, 0.25) is 5.91 Å². The van der Waals surface area contributed by atoms with Crippen molar-refractivity contribution < 1.29 is 13.9 Å². The molecule has 1 aromatic heterocycles. The Balaban J connectivity index is 1.51. The van der Waals surface area contributed by atoms with Gasteiger partial charge in [0.25, 0.3) is 0 Å². The van der Waals surface area contributed by atoms with Crippen LogP contribution < -0.4 is 10.1 Å². The van der Waals surface area contributed by atoms with Gasteiger partial charge in [-0.1, -0.05) is 11.8 Å². The lowest BCUT2D eigenvalue weighted by Crippen LogP contribution is -2.14. The lowest BCUT2D eigenvalue weighted by atomic mass is 10.1. The number of carbonyl (C=O) groups excluding carboxylic acids is 1. The number of hydrogen-bond acceptors (Lipinski definition) is 5. The maximum Gasteiger partial charge on any atom is 0.234 e. The first-order valence-corrected chi connectivity index (χ1v) is 9.38. The summed E-state index contributed by atoms with van der Waals surface area (Å²) in [6, 6.07) is 16.9. The van der Waals surface area contributed by atoms with Crippen LogP contribution in [0.15, 0.2) is 65.7 Å². The summed E-state index contributed by atoms with van der Waals surface area (Å²) >= 11 is 1.30. The summed E-state index contributed by atoms with van der Waals surface area (Å²) in [5, 5.41) is 11.7. The Morgan fingerprint density at radius 3 is 2.41 bits per heavy atom. The predicted octanol–water partition coefficient (Wildman–Crippen LogP) is 4.41. The second kappa shape index (κ2) is 9.14. The molecule has 1 heterocycles. The quantitative estimate of drug-likeness (QED) is 0.612. The van der Waals surface area contributed by atoms with Crippen LogP contribution in [0.25, 0.3) is 11.3 Å². The number of benzene rings is 2. The molecule has 0 aliphatic rings. The Morgan fingerprint density at radius 2 is 1.78 bits per heavy atom. The van der Waals surface area contributed by atoms with Crippen LogP contribution in [0.4, 0.5) is 10.1 Å². The van der Waals surface area contributed by atoms with Gasteiger partial charge in [-0.3, -0.25) is 4.79 Å². The summed E-state index contributed by atoms with van der Waals surface area (Å²) in [7, 11) is 0. The van der Waals surface area contributed by atoms with Gasteiger partial charge in [-0.2, -0.15) is 0 Å². The normalized spacial score (nSPS) is 10.4. The lowest BCUT2D eigenvalue weighted by molar-refractivity contribution is -0.113. The first kappa shape index (κ1) is 18.8. The third kappa shape index (κ3) is 5.52. The van der Waals surface area contributed by atoms with Gasteiger partial charge in [-0.05, 0) is 67.6 Å². The second-order valence-corrected chi connectivity index (χ2v) is 6.55. The highest BCUT2D eigenvalue weighted by Gasteiger charge is 2.07. The molecule has 27 heavy (non-hydrogen) atoms. The van der Waals surface area contributed by atoms with E-state index < -0.39 is 0 Å². The van der Waals surface area contributed by atoms with Crippen LogP contribution in [0.3, 0.4) is 0 Å². The van der Waals surface area contributed by atoms with Crippen LogP contribution in [0, 0.1) is 5.82 Å². The van der Waals surface area contributed by atoms with Crippen molar-refractivity contribution in [1.82, 2.24) is 10.2 Å². The molecule has 7 heteroatoms. The van der Waals surface area contributed by atoms with E-state index in [4.69, 9.17) is 4.74 Å². The van der Waals surface area contributed by atoms with Gasteiger partial charge < -0.3 is 10.1 Å². The summed E-state index contributed by atoms with van der Waals surface area (Å²) in [5.74, 6) is 0.560. The minimum atomic E-state index is -0.294. The summed E-state index contributed by atoms with van der Waals surface area (Å²) < 4.78 is 18.3.